The van der Waals surface area contributed by atoms with Crippen LogP contribution in [-0.4, -0.2) is 53.1 Å². The van der Waals surface area contributed by atoms with Crippen LogP contribution >= 0.6 is 11.9 Å². The average molecular weight is 397 g/mol. The van der Waals surface area contributed by atoms with E-state index in [2.05, 4.69) is 66.8 Å². The lowest BCUT2D eigenvalue weighted by Crippen LogP contribution is -2.62. The highest BCUT2D eigenvalue weighted by molar-refractivity contribution is 7.97. The van der Waals surface area contributed by atoms with Gasteiger partial charge in [0.25, 0.3) is 0 Å². The minimum absolute atomic E-state index is 0.000741. The van der Waals surface area contributed by atoms with E-state index < -0.39 is 0 Å². The Bertz CT molecular complexity index is 770. The molecule has 1 atom stereocenters. The normalized spacial score (nSPS) is 18.2. The predicted molar refractivity (Wildman–Crippen MR) is 117 cm³/mol. The molecule has 1 fully saturated rings. The van der Waals surface area contributed by atoms with Gasteiger partial charge in [0.2, 0.25) is 11.9 Å². The lowest BCUT2D eigenvalue weighted by Gasteiger charge is -2.46. The van der Waals surface area contributed by atoms with Crippen molar-refractivity contribution in [1.29, 1.82) is 0 Å². The van der Waals surface area contributed by atoms with Crippen molar-refractivity contribution in [3.05, 3.63) is 71.8 Å². The molecule has 0 aromatic heterocycles. The standard InChI is InChI=1S/C22H28N4OS/c1-16(2)25-14-19(26(15-20(25)27)22(23)24-28-3)21(17-10-6-4-7-11-17)18-12-8-5-9-13-18/h4-13,16,19,21H,14-15H2,1-3H3,(H2,23,24)/t19-/m1/s1. The Morgan fingerprint density at radius 3 is 2.07 bits per heavy atom. The fourth-order valence-corrected chi connectivity index (χ4v) is 4.19. The highest BCUT2D eigenvalue weighted by Gasteiger charge is 2.39. The third-order valence-corrected chi connectivity index (χ3v) is 5.58. The second-order valence-corrected chi connectivity index (χ2v) is 7.81. The quantitative estimate of drug-likeness (QED) is 0.478. The zero-order valence-corrected chi connectivity index (χ0v) is 17.5. The van der Waals surface area contributed by atoms with Gasteiger partial charge in [-0.15, -0.1) is 0 Å². The predicted octanol–water partition coefficient (Wildman–Crippen LogP) is 3.33. The molecule has 1 amide bonds. The van der Waals surface area contributed by atoms with E-state index in [0.717, 1.165) is 0 Å². The van der Waals surface area contributed by atoms with Gasteiger partial charge in [0.15, 0.2) is 0 Å². The summed E-state index contributed by atoms with van der Waals surface area (Å²) in [6.07, 6.45) is 1.87. The Hall–Kier alpha value is -2.47. The number of nitrogens with zero attached hydrogens (tertiary/aromatic N) is 3. The monoisotopic (exact) mass is 396 g/mol. The van der Waals surface area contributed by atoms with Crippen molar-refractivity contribution in [3.8, 4) is 0 Å². The van der Waals surface area contributed by atoms with Crippen LogP contribution in [0.1, 0.15) is 30.9 Å². The molecule has 1 heterocycles. The maximum absolute atomic E-state index is 12.8. The first kappa shape index (κ1) is 20.3. The van der Waals surface area contributed by atoms with E-state index in [1.807, 2.05) is 28.2 Å². The summed E-state index contributed by atoms with van der Waals surface area (Å²) >= 11 is 1.31. The number of carbonyl (C=O) groups is 1. The molecule has 28 heavy (non-hydrogen) atoms. The van der Waals surface area contributed by atoms with E-state index in [0.29, 0.717) is 12.5 Å². The van der Waals surface area contributed by atoms with Crippen molar-refractivity contribution < 1.29 is 4.79 Å². The van der Waals surface area contributed by atoms with Crippen molar-refractivity contribution in [1.82, 2.24) is 9.80 Å². The number of hydrogen-bond acceptors (Lipinski definition) is 3. The lowest BCUT2D eigenvalue weighted by molar-refractivity contribution is -0.138. The van der Waals surface area contributed by atoms with Gasteiger partial charge in [0.05, 0.1) is 6.04 Å². The summed E-state index contributed by atoms with van der Waals surface area (Å²) in [4.78, 5) is 16.7. The topological polar surface area (TPSA) is 61.9 Å². The Morgan fingerprint density at radius 2 is 1.61 bits per heavy atom. The minimum atomic E-state index is 0.000741. The van der Waals surface area contributed by atoms with E-state index >= 15 is 0 Å². The van der Waals surface area contributed by atoms with Gasteiger partial charge in [-0.25, -0.2) is 0 Å². The van der Waals surface area contributed by atoms with Gasteiger partial charge >= 0.3 is 0 Å². The van der Waals surface area contributed by atoms with Crippen molar-refractivity contribution in [2.45, 2.75) is 31.8 Å². The first-order valence-electron chi connectivity index (χ1n) is 9.55. The summed E-state index contributed by atoms with van der Waals surface area (Å²) in [5.74, 6) is 0.573. The zero-order chi connectivity index (χ0) is 20.1. The van der Waals surface area contributed by atoms with Crippen LogP contribution in [-0.2, 0) is 4.79 Å². The maximum atomic E-state index is 12.8. The Kier molecular flexibility index (Phi) is 6.62. The second kappa shape index (κ2) is 9.15. The molecule has 1 aliphatic heterocycles. The molecule has 2 aromatic carbocycles. The molecule has 0 unspecified atom stereocenters. The highest BCUT2D eigenvalue weighted by Crippen LogP contribution is 2.33. The molecule has 0 aliphatic carbocycles. The SMILES string of the molecule is CSN=C(N)N1CC(=O)N(C(C)C)C[C@@H]1C(c1ccccc1)c1ccccc1. The van der Waals surface area contributed by atoms with Gasteiger partial charge in [-0.05, 0) is 36.9 Å². The van der Waals surface area contributed by atoms with Crippen LogP contribution in [0, 0.1) is 0 Å². The average Bonchev–Trinajstić information content (AvgIpc) is 2.70. The molecule has 2 N–H and O–H groups in total. The van der Waals surface area contributed by atoms with E-state index in [1.165, 1.54) is 23.1 Å². The number of nitrogens with two attached hydrogens (primary N) is 1. The van der Waals surface area contributed by atoms with Crippen molar-refractivity contribution >= 4 is 23.8 Å². The Morgan fingerprint density at radius 1 is 1.07 bits per heavy atom. The molecular weight excluding hydrogens is 368 g/mol. The summed E-state index contributed by atoms with van der Waals surface area (Å²) in [5, 5.41) is 0. The van der Waals surface area contributed by atoms with E-state index in [-0.39, 0.29) is 30.5 Å². The molecule has 5 nitrogen and oxygen atoms in total. The van der Waals surface area contributed by atoms with E-state index in [9.17, 15) is 4.79 Å². The first-order chi connectivity index (χ1) is 13.5. The first-order valence-corrected chi connectivity index (χ1v) is 10.7. The molecular formula is C22H28N4OS. The van der Waals surface area contributed by atoms with Crippen LogP contribution in [0.2, 0.25) is 0 Å². The minimum Gasteiger partial charge on any atom is -0.369 e. The summed E-state index contributed by atoms with van der Waals surface area (Å²) in [6.45, 7) is 4.97. The van der Waals surface area contributed by atoms with Crippen LogP contribution in [0.5, 0.6) is 0 Å². The summed E-state index contributed by atoms with van der Waals surface area (Å²) in [5.41, 5.74) is 8.73. The molecule has 0 saturated carbocycles. The number of guanidine groups is 1. The van der Waals surface area contributed by atoms with Gasteiger partial charge in [-0.3, -0.25) is 4.79 Å². The highest BCUT2D eigenvalue weighted by atomic mass is 32.2. The second-order valence-electron chi connectivity index (χ2n) is 7.27. The molecule has 1 saturated heterocycles. The fraction of sp³-hybridized carbons (Fsp3) is 0.364. The molecule has 1 aliphatic rings. The van der Waals surface area contributed by atoms with Crippen molar-refractivity contribution in [2.24, 2.45) is 10.1 Å². The molecule has 2 aromatic rings. The number of amides is 1. The van der Waals surface area contributed by atoms with Crippen molar-refractivity contribution in [3.63, 3.8) is 0 Å². The summed E-state index contributed by atoms with van der Waals surface area (Å²) in [6, 6.07) is 21.0. The van der Waals surface area contributed by atoms with Crippen LogP contribution in [0.4, 0.5) is 0 Å². The summed E-state index contributed by atoms with van der Waals surface area (Å²) < 4.78 is 4.34. The number of piperazine rings is 1. The zero-order valence-electron chi connectivity index (χ0n) is 16.7. The van der Waals surface area contributed by atoms with Crippen LogP contribution in [0.25, 0.3) is 0 Å². The van der Waals surface area contributed by atoms with Gasteiger partial charge in [0.1, 0.15) is 6.54 Å². The molecule has 148 valence electrons. The number of hydrogen-bond donors (Lipinski definition) is 1. The van der Waals surface area contributed by atoms with Gasteiger partial charge in [-0.1, -0.05) is 60.7 Å². The number of rotatable bonds is 5. The molecule has 6 heteroatoms. The van der Waals surface area contributed by atoms with Crippen molar-refractivity contribution in [2.75, 3.05) is 19.3 Å². The third-order valence-electron chi connectivity index (χ3n) is 5.21. The molecule has 0 radical (unpaired) electrons. The molecule has 0 spiro atoms. The lowest BCUT2D eigenvalue weighted by atomic mass is 9.83. The Labute approximate surface area is 171 Å². The van der Waals surface area contributed by atoms with Gasteiger partial charge < -0.3 is 15.5 Å². The fourth-order valence-electron chi connectivity index (χ4n) is 3.89. The Balaban J connectivity index is 2.10. The number of carbonyl (C=O) groups excluding carboxylic acids is 1. The van der Waals surface area contributed by atoms with Crippen LogP contribution in [0.3, 0.4) is 0 Å². The number of benzene rings is 2. The smallest absolute Gasteiger partial charge is 0.242 e. The molecule has 3 rings (SSSR count). The van der Waals surface area contributed by atoms with E-state index in [1.54, 1.807) is 0 Å². The van der Waals surface area contributed by atoms with Gasteiger partial charge in [0, 0.05) is 24.8 Å². The van der Waals surface area contributed by atoms with E-state index in [4.69, 9.17) is 5.73 Å². The third kappa shape index (κ3) is 4.33. The van der Waals surface area contributed by atoms with Gasteiger partial charge in [-0.2, -0.15) is 4.40 Å². The summed E-state index contributed by atoms with van der Waals surface area (Å²) in [7, 11) is 0. The van der Waals surface area contributed by atoms with Crippen LogP contribution < -0.4 is 5.73 Å². The maximum Gasteiger partial charge on any atom is 0.242 e. The molecule has 0 bridgehead atoms. The van der Waals surface area contributed by atoms with Crippen LogP contribution in [0.15, 0.2) is 65.1 Å². The largest absolute Gasteiger partial charge is 0.369 e.